The van der Waals surface area contributed by atoms with Crippen molar-refractivity contribution in [2.75, 3.05) is 5.32 Å². The van der Waals surface area contributed by atoms with Gasteiger partial charge in [0.1, 0.15) is 12.6 Å². The first-order chi connectivity index (χ1) is 16.1. The van der Waals surface area contributed by atoms with E-state index in [0.29, 0.717) is 31.5 Å². The Kier molecular flexibility index (Phi) is 5.77. The van der Waals surface area contributed by atoms with E-state index in [9.17, 15) is 9.59 Å². The number of carbonyl (C=O) groups excluding carboxylic acids is 1. The molecule has 0 saturated heterocycles. The number of anilines is 1. The number of rotatable bonds is 6. The Morgan fingerprint density at radius 3 is 2.36 bits per heavy atom. The van der Waals surface area contributed by atoms with Crippen LogP contribution in [0.2, 0.25) is 5.15 Å². The molecule has 33 heavy (non-hydrogen) atoms. The van der Waals surface area contributed by atoms with Gasteiger partial charge in [0.05, 0.1) is 5.69 Å². The van der Waals surface area contributed by atoms with Crippen LogP contribution in [0, 0.1) is 0 Å². The predicted molar refractivity (Wildman–Crippen MR) is 127 cm³/mol. The van der Waals surface area contributed by atoms with Gasteiger partial charge in [0.25, 0.3) is 5.56 Å². The van der Waals surface area contributed by atoms with E-state index in [-0.39, 0.29) is 23.1 Å². The van der Waals surface area contributed by atoms with Crippen molar-refractivity contribution in [3.63, 3.8) is 0 Å². The van der Waals surface area contributed by atoms with E-state index in [1.165, 1.54) is 4.57 Å². The van der Waals surface area contributed by atoms with Crippen LogP contribution < -0.4 is 10.9 Å². The minimum absolute atomic E-state index is 0.136. The van der Waals surface area contributed by atoms with Crippen molar-refractivity contribution in [3.05, 3.63) is 105 Å². The van der Waals surface area contributed by atoms with Crippen LogP contribution >= 0.6 is 11.6 Å². The van der Waals surface area contributed by atoms with Crippen LogP contribution in [-0.2, 0) is 28.1 Å². The van der Waals surface area contributed by atoms with Crippen molar-refractivity contribution in [1.29, 1.82) is 0 Å². The van der Waals surface area contributed by atoms with Crippen LogP contribution in [0.5, 0.6) is 0 Å². The number of allylic oxidation sites excluding steroid dienone is 2. The normalized spacial score (nSPS) is 17.8. The summed E-state index contributed by atoms with van der Waals surface area (Å²) in [4.78, 5) is 31.1. The van der Waals surface area contributed by atoms with Gasteiger partial charge in [0.2, 0.25) is 0 Å². The van der Waals surface area contributed by atoms with Gasteiger partial charge in [0, 0.05) is 12.0 Å². The Hall–Kier alpha value is -3.38. The molecule has 0 fully saturated rings. The summed E-state index contributed by atoms with van der Waals surface area (Å²) in [5.41, 5.74) is 1.78. The standard InChI is InChI=1S/C26H24ClN3O3/c27-22-21-26(13-7-8-14-26)15-20(25(32)33-17-19-11-5-2-6-12-19)30(21)24(31)23(29-22)28-16-18-9-3-1-4-10-18/h1-12,20H,13-17H2,(H,28,29)/t20-/m0/s1. The zero-order chi connectivity index (χ0) is 22.8. The highest BCUT2D eigenvalue weighted by Crippen LogP contribution is 2.50. The molecule has 1 atom stereocenters. The molecule has 2 heterocycles. The molecule has 0 bridgehead atoms. The number of fused-ring (bicyclic) bond motifs is 2. The number of aromatic nitrogens is 2. The van der Waals surface area contributed by atoms with Crippen molar-refractivity contribution >= 4 is 23.4 Å². The number of nitrogens with one attached hydrogen (secondary N) is 1. The van der Waals surface area contributed by atoms with Crippen molar-refractivity contribution < 1.29 is 9.53 Å². The van der Waals surface area contributed by atoms with E-state index in [1.54, 1.807) is 0 Å². The average molecular weight is 462 g/mol. The van der Waals surface area contributed by atoms with Gasteiger partial charge in [-0.3, -0.25) is 9.36 Å². The fraction of sp³-hybridized carbons (Fsp3) is 0.269. The molecule has 2 aliphatic rings. The average Bonchev–Trinajstić information content (AvgIpc) is 3.46. The summed E-state index contributed by atoms with van der Waals surface area (Å²) in [6, 6.07) is 18.5. The van der Waals surface area contributed by atoms with Crippen LogP contribution in [0.25, 0.3) is 0 Å². The Morgan fingerprint density at radius 1 is 1.06 bits per heavy atom. The van der Waals surface area contributed by atoms with Crippen LogP contribution in [0.4, 0.5) is 5.82 Å². The monoisotopic (exact) mass is 461 g/mol. The first-order valence-electron chi connectivity index (χ1n) is 11.0. The molecule has 7 heteroatoms. The molecule has 1 N–H and O–H groups in total. The summed E-state index contributed by atoms with van der Waals surface area (Å²) in [6.45, 7) is 0.581. The lowest BCUT2D eigenvalue weighted by Gasteiger charge is -2.23. The molecule has 1 aliphatic heterocycles. The lowest BCUT2D eigenvalue weighted by atomic mass is 9.80. The number of hydrogen-bond acceptors (Lipinski definition) is 5. The number of halogens is 1. The number of esters is 1. The molecule has 0 radical (unpaired) electrons. The largest absolute Gasteiger partial charge is 0.459 e. The summed E-state index contributed by atoms with van der Waals surface area (Å²) in [7, 11) is 0. The van der Waals surface area contributed by atoms with Crippen molar-refractivity contribution in [3.8, 4) is 0 Å². The number of hydrogen-bond donors (Lipinski definition) is 1. The van der Waals surface area contributed by atoms with Crippen molar-refractivity contribution in [2.24, 2.45) is 0 Å². The van der Waals surface area contributed by atoms with Crippen LogP contribution in [0.15, 0.2) is 77.6 Å². The second-order valence-corrected chi connectivity index (χ2v) is 8.95. The zero-order valence-electron chi connectivity index (χ0n) is 18.0. The van der Waals surface area contributed by atoms with E-state index in [2.05, 4.69) is 22.5 Å². The van der Waals surface area contributed by atoms with E-state index in [1.807, 2.05) is 60.7 Å². The van der Waals surface area contributed by atoms with E-state index in [4.69, 9.17) is 16.3 Å². The third-order valence-corrected chi connectivity index (χ3v) is 6.71. The summed E-state index contributed by atoms with van der Waals surface area (Å²) >= 11 is 6.65. The smallest absolute Gasteiger partial charge is 0.329 e. The van der Waals surface area contributed by atoms with Gasteiger partial charge in [-0.1, -0.05) is 84.4 Å². The minimum atomic E-state index is -0.742. The molecule has 1 aromatic heterocycles. The molecule has 0 amide bonds. The molecule has 0 unspecified atom stereocenters. The Balaban J connectivity index is 1.47. The quantitative estimate of drug-likeness (QED) is 0.422. The molecule has 1 spiro atoms. The van der Waals surface area contributed by atoms with Crippen LogP contribution in [0.1, 0.15) is 42.1 Å². The van der Waals surface area contributed by atoms with Crippen LogP contribution in [0.3, 0.4) is 0 Å². The lowest BCUT2D eigenvalue weighted by molar-refractivity contribution is -0.149. The van der Waals surface area contributed by atoms with Gasteiger partial charge in [-0.2, -0.15) is 0 Å². The Bertz CT molecular complexity index is 1250. The highest BCUT2D eigenvalue weighted by atomic mass is 35.5. The second kappa shape index (κ2) is 8.87. The van der Waals surface area contributed by atoms with Gasteiger partial charge in [-0.25, -0.2) is 9.78 Å². The maximum Gasteiger partial charge on any atom is 0.329 e. The highest BCUT2D eigenvalue weighted by molar-refractivity contribution is 6.30. The summed E-state index contributed by atoms with van der Waals surface area (Å²) in [5.74, 6) is -0.293. The molecule has 0 saturated carbocycles. The first-order valence-corrected chi connectivity index (χ1v) is 11.4. The van der Waals surface area contributed by atoms with Crippen molar-refractivity contribution in [1.82, 2.24) is 9.55 Å². The third kappa shape index (κ3) is 4.07. The number of carbonyl (C=O) groups is 1. The Labute approximate surface area is 196 Å². The van der Waals surface area contributed by atoms with E-state index in [0.717, 1.165) is 11.1 Å². The lowest BCUT2D eigenvalue weighted by Crippen LogP contribution is -2.32. The topological polar surface area (TPSA) is 73.2 Å². The van der Waals surface area contributed by atoms with Gasteiger partial charge >= 0.3 is 5.97 Å². The molecular formula is C26H24ClN3O3. The zero-order valence-corrected chi connectivity index (χ0v) is 18.8. The van der Waals surface area contributed by atoms with Gasteiger partial charge < -0.3 is 10.1 Å². The molecular weight excluding hydrogens is 438 g/mol. The maximum absolute atomic E-state index is 13.5. The Morgan fingerprint density at radius 2 is 1.70 bits per heavy atom. The van der Waals surface area contributed by atoms with Gasteiger partial charge in [0.15, 0.2) is 11.0 Å². The molecule has 5 rings (SSSR count). The molecule has 1 aliphatic carbocycles. The molecule has 6 nitrogen and oxygen atoms in total. The van der Waals surface area contributed by atoms with Crippen molar-refractivity contribution in [2.45, 2.75) is 43.9 Å². The molecule has 168 valence electrons. The number of ether oxygens (including phenoxy) is 1. The summed E-state index contributed by atoms with van der Waals surface area (Å²) < 4.78 is 7.15. The SMILES string of the molecule is O=C(OCc1ccccc1)[C@@H]1CC2(CC=CC2)c2c(Cl)nc(NCc3ccccc3)c(=O)n21. The van der Waals surface area contributed by atoms with Gasteiger partial charge in [-0.05, 0) is 30.4 Å². The van der Waals surface area contributed by atoms with Gasteiger partial charge in [-0.15, -0.1) is 0 Å². The maximum atomic E-state index is 13.5. The van der Waals surface area contributed by atoms with E-state index < -0.39 is 17.4 Å². The highest BCUT2D eigenvalue weighted by Gasteiger charge is 2.50. The minimum Gasteiger partial charge on any atom is -0.459 e. The first kappa shape index (κ1) is 21.5. The summed E-state index contributed by atoms with van der Waals surface area (Å²) in [6.07, 6.45) is 6.04. The second-order valence-electron chi connectivity index (χ2n) is 8.59. The molecule has 2 aromatic carbocycles. The molecule has 3 aromatic rings. The third-order valence-electron chi connectivity index (χ3n) is 6.45. The number of benzene rings is 2. The predicted octanol–water partition coefficient (Wildman–Crippen LogP) is 4.78. The number of nitrogens with zero attached hydrogens (tertiary/aromatic N) is 2. The fourth-order valence-corrected chi connectivity index (χ4v) is 5.19. The fourth-order valence-electron chi connectivity index (χ4n) is 4.82. The van der Waals surface area contributed by atoms with E-state index >= 15 is 0 Å². The summed E-state index contributed by atoms with van der Waals surface area (Å²) in [5, 5.41) is 3.36. The van der Waals surface area contributed by atoms with Crippen LogP contribution in [-0.4, -0.2) is 15.5 Å².